The minimum atomic E-state index is 1.04. The summed E-state index contributed by atoms with van der Waals surface area (Å²) in [5.41, 5.74) is 6.95. The Balaban J connectivity index is 1.81. The quantitative estimate of drug-likeness (QED) is 0.399. The molecule has 0 amide bonds. The highest BCUT2D eigenvalue weighted by atomic mass is 15.0. The van der Waals surface area contributed by atoms with Gasteiger partial charge in [0.1, 0.15) is 0 Å². The standard InChI is InChI=1S/C23H16N2/c1-2-8-17(9-3-1)18-10-6-11-19(16-18)25-21-13-5-4-12-20(21)23-22(25)14-7-15-24-23/h1-16H. The normalized spacial score (nSPS) is 11.2. The van der Waals surface area contributed by atoms with Crippen LogP contribution in [0.5, 0.6) is 0 Å². The van der Waals surface area contributed by atoms with E-state index in [9.17, 15) is 0 Å². The van der Waals surface area contributed by atoms with Crippen LogP contribution in [0.25, 0.3) is 38.8 Å². The molecule has 5 aromatic rings. The lowest BCUT2D eigenvalue weighted by molar-refractivity contribution is 1.18. The van der Waals surface area contributed by atoms with Crippen molar-refractivity contribution < 1.29 is 0 Å². The van der Waals surface area contributed by atoms with E-state index in [1.165, 1.54) is 22.0 Å². The van der Waals surface area contributed by atoms with E-state index in [4.69, 9.17) is 0 Å². The van der Waals surface area contributed by atoms with E-state index >= 15 is 0 Å². The minimum absolute atomic E-state index is 1.04. The molecule has 0 saturated carbocycles. The zero-order valence-corrected chi connectivity index (χ0v) is 13.6. The van der Waals surface area contributed by atoms with Gasteiger partial charge < -0.3 is 4.57 Å². The van der Waals surface area contributed by atoms with Gasteiger partial charge in [0.2, 0.25) is 0 Å². The van der Waals surface area contributed by atoms with Crippen LogP contribution in [0.3, 0.4) is 0 Å². The predicted octanol–water partition coefficient (Wildman–Crippen LogP) is 5.85. The first-order valence-corrected chi connectivity index (χ1v) is 8.42. The molecule has 0 atom stereocenters. The average molecular weight is 320 g/mol. The minimum Gasteiger partial charge on any atom is -0.308 e. The van der Waals surface area contributed by atoms with E-state index in [1.807, 2.05) is 18.3 Å². The Morgan fingerprint density at radius 2 is 1.36 bits per heavy atom. The van der Waals surface area contributed by atoms with Gasteiger partial charge in [-0.25, -0.2) is 0 Å². The molecule has 2 nitrogen and oxygen atoms in total. The van der Waals surface area contributed by atoms with Crippen LogP contribution in [0.4, 0.5) is 0 Å². The summed E-state index contributed by atoms with van der Waals surface area (Å²) in [6.07, 6.45) is 1.86. The number of aromatic nitrogens is 2. The van der Waals surface area contributed by atoms with Crippen LogP contribution in [0.1, 0.15) is 0 Å². The molecular weight excluding hydrogens is 304 g/mol. The summed E-state index contributed by atoms with van der Waals surface area (Å²) >= 11 is 0. The van der Waals surface area contributed by atoms with Gasteiger partial charge in [-0.2, -0.15) is 0 Å². The van der Waals surface area contributed by atoms with Gasteiger partial charge in [0.25, 0.3) is 0 Å². The second-order valence-electron chi connectivity index (χ2n) is 6.14. The highest BCUT2D eigenvalue weighted by molar-refractivity contribution is 6.06. The molecule has 0 bridgehead atoms. The number of hydrogen-bond donors (Lipinski definition) is 0. The zero-order chi connectivity index (χ0) is 16.6. The van der Waals surface area contributed by atoms with Crippen molar-refractivity contribution in [2.75, 3.05) is 0 Å². The second-order valence-corrected chi connectivity index (χ2v) is 6.14. The van der Waals surface area contributed by atoms with E-state index in [0.29, 0.717) is 0 Å². The van der Waals surface area contributed by atoms with Crippen LogP contribution in [0.15, 0.2) is 97.2 Å². The van der Waals surface area contributed by atoms with E-state index in [0.717, 1.165) is 16.7 Å². The zero-order valence-electron chi connectivity index (χ0n) is 13.6. The highest BCUT2D eigenvalue weighted by Crippen LogP contribution is 2.31. The molecule has 5 rings (SSSR count). The van der Waals surface area contributed by atoms with Crippen molar-refractivity contribution in [3.05, 3.63) is 97.2 Å². The summed E-state index contributed by atoms with van der Waals surface area (Å²) < 4.78 is 2.30. The fourth-order valence-corrected chi connectivity index (χ4v) is 3.52. The average Bonchev–Trinajstić information content (AvgIpc) is 3.03. The summed E-state index contributed by atoms with van der Waals surface area (Å²) in [7, 11) is 0. The third-order valence-corrected chi connectivity index (χ3v) is 4.64. The van der Waals surface area contributed by atoms with Crippen molar-refractivity contribution in [1.82, 2.24) is 9.55 Å². The third kappa shape index (κ3) is 2.23. The van der Waals surface area contributed by atoms with Gasteiger partial charge in [-0.3, -0.25) is 4.98 Å². The van der Waals surface area contributed by atoms with Crippen molar-refractivity contribution in [3.8, 4) is 16.8 Å². The van der Waals surface area contributed by atoms with Crippen LogP contribution in [-0.4, -0.2) is 9.55 Å². The van der Waals surface area contributed by atoms with E-state index in [1.54, 1.807) is 0 Å². The van der Waals surface area contributed by atoms with Gasteiger partial charge in [-0.1, -0.05) is 60.7 Å². The van der Waals surface area contributed by atoms with Crippen molar-refractivity contribution in [3.63, 3.8) is 0 Å². The first-order chi connectivity index (χ1) is 12.4. The van der Waals surface area contributed by atoms with Gasteiger partial charge >= 0.3 is 0 Å². The lowest BCUT2D eigenvalue weighted by atomic mass is 10.1. The maximum absolute atomic E-state index is 4.62. The largest absolute Gasteiger partial charge is 0.308 e. The monoisotopic (exact) mass is 320 g/mol. The molecule has 0 fully saturated rings. The Morgan fingerprint density at radius 3 is 2.28 bits per heavy atom. The SMILES string of the molecule is c1ccc(-c2cccc(-n3c4ccccc4c4ncccc43)c2)cc1. The molecule has 25 heavy (non-hydrogen) atoms. The molecular formula is C23H16N2. The van der Waals surface area contributed by atoms with Crippen LogP contribution >= 0.6 is 0 Å². The van der Waals surface area contributed by atoms with Gasteiger partial charge in [0, 0.05) is 17.3 Å². The molecule has 0 saturated heterocycles. The van der Waals surface area contributed by atoms with Crippen molar-refractivity contribution in [2.24, 2.45) is 0 Å². The molecule has 2 aromatic heterocycles. The lowest BCUT2D eigenvalue weighted by Gasteiger charge is -2.10. The van der Waals surface area contributed by atoms with Crippen molar-refractivity contribution in [2.45, 2.75) is 0 Å². The summed E-state index contributed by atoms with van der Waals surface area (Å²) in [5, 5.41) is 1.18. The Hall–Kier alpha value is -3.39. The number of hydrogen-bond acceptors (Lipinski definition) is 1. The van der Waals surface area contributed by atoms with E-state index in [-0.39, 0.29) is 0 Å². The van der Waals surface area contributed by atoms with Crippen molar-refractivity contribution >= 4 is 21.9 Å². The molecule has 0 aliphatic carbocycles. The first kappa shape index (κ1) is 14.0. The fourth-order valence-electron chi connectivity index (χ4n) is 3.52. The third-order valence-electron chi connectivity index (χ3n) is 4.64. The highest BCUT2D eigenvalue weighted by Gasteiger charge is 2.12. The molecule has 0 unspecified atom stereocenters. The molecule has 0 N–H and O–H groups in total. The molecule has 2 heterocycles. The lowest BCUT2D eigenvalue weighted by Crippen LogP contribution is -1.94. The van der Waals surface area contributed by atoms with Gasteiger partial charge in [0.05, 0.1) is 16.6 Å². The maximum atomic E-state index is 4.62. The number of pyridine rings is 1. The first-order valence-electron chi connectivity index (χ1n) is 8.42. The molecule has 0 radical (unpaired) electrons. The van der Waals surface area contributed by atoms with Crippen LogP contribution in [0, 0.1) is 0 Å². The number of para-hydroxylation sites is 1. The molecule has 0 aliphatic rings. The number of rotatable bonds is 2. The molecule has 2 heteroatoms. The smallest absolute Gasteiger partial charge is 0.0963 e. The van der Waals surface area contributed by atoms with Crippen molar-refractivity contribution in [1.29, 1.82) is 0 Å². The number of nitrogens with zero attached hydrogens (tertiary/aromatic N) is 2. The summed E-state index contributed by atoms with van der Waals surface area (Å²) in [5.74, 6) is 0. The molecule has 0 spiro atoms. The Morgan fingerprint density at radius 1 is 0.600 bits per heavy atom. The number of fused-ring (bicyclic) bond motifs is 3. The van der Waals surface area contributed by atoms with Crippen LogP contribution in [0.2, 0.25) is 0 Å². The van der Waals surface area contributed by atoms with Gasteiger partial charge in [-0.15, -0.1) is 0 Å². The summed E-state index contributed by atoms with van der Waals surface area (Å²) in [6, 6.07) is 31.8. The van der Waals surface area contributed by atoms with Crippen LogP contribution in [-0.2, 0) is 0 Å². The predicted molar refractivity (Wildman–Crippen MR) is 104 cm³/mol. The number of benzene rings is 3. The topological polar surface area (TPSA) is 17.8 Å². The summed E-state index contributed by atoms with van der Waals surface area (Å²) in [4.78, 5) is 4.62. The Bertz CT molecular complexity index is 1130. The van der Waals surface area contributed by atoms with Gasteiger partial charge in [0.15, 0.2) is 0 Å². The molecule has 3 aromatic carbocycles. The Labute approximate surface area is 146 Å². The maximum Gasteiger partial charge on any atom is 0.0963 e. The van der Waals surface area contributed by atoms with Crippen LogP contribution < -0.4 is 0 Å². The van der Waals surface area contributed by atoms with Gasteiger partial charge in [-0.05, 0) is 41.5 Å². The summed E-state index contributed by atoms with van der Waals surface area (Å²) in [6.45, 7) is 0. The second kappa shape index (κ2) is 5.60. The molecule has 0 aliphatic heterocycles. The molecule has 118 valence electrons. The van der Waals surface area contributed by atoms with E-state index in [2.05, 4.69) is 88.4 Å². The Kier molecular flexibility index (Phi) is 3.14. The fraction of sp³-hybridized carbons (Fsp3) is 0. The van der Waals surface area contributed by atoms with E-state index < -0.39 is 0 Å².